The van der Waals surface area contributed by atoms with Crippen LogP contribution in [0.4, 0.5) is 0 Å². The van der Waals surface area contributed by atoms with Crippen LogP contribution in [-0.4, -0.2) is 25.8 Å². The number of nitrogens with one attached hydrogen (secondary N) is 1. The molecule has 0 aromatic heterocycles. The summed E-state index contributed by atoms with van der Waals surface area (Å²) in [5.74, 6) is 1.09. The predicted octanol–water partition coefficient (Wildman–Crippen LogP) is 2.84. The van der Waals surface area contributed by atoms with Gasteiger partial charge in [-0.25, -0.2) is 5.43 Å². The van der Waals surface area contributed by atoms with E-state index in [0.29, 0.717) is 5.75 Å². The fourth-order valence-electron chi connectivity index (χ4n) is 2.10. The molecule has 0 spiro atoms. The van der Waals surface area contributed by atoms with Crippen LogP contribution < -0.4 is 14.9 Å². The van der Waals surface area contributed by atoms with Crippen LogP contribution in [0.15, 0.2) is 47.6 Å². The highest BCUT2D eigenvalue weighted by Crippen LogP contribution is 2.16. The zero-order valence-corrected chi connectivity index (χ0v) is 13.5. The third kappa shape index (κ3) is 5.47. The molecule has 5 heteroatoms. The summed E-state index contributed by atoms with van der Waals surface area (Å²) in [5, 5.41) is 3.90. The zero-order chi connectivity index (χ0) is 16.7. The van der Waals surface area contributed by atoms with Gasteiger partial charge in [0.05, 0.1) is 13.3 Å². The summed E-state index contributed by atoms with van der Waals surface area (Å²) in [5.41, 5.74) is 5.45. The monoisotopic (exact) mass is 312 g/mol. The molecule has 2 aromatic carbocycles. The maximum atomic E-state index is 11.7. The van der Waals surface area contributed by atoms with Crippen molar-refractivity contribution in [3.8, 4) is 11.5 Å². The van der Waals surface area contributed by atoms with Crippen molar-refractivity contribution < 1.29 is 14.3 Å². The maximum absolute atomic E-state index is 11.7. The number of hydrogen-bond donors (Lipinski definition) is 1. The molecule has 0 saturated heterocycles. The van der Waals surface area contributed by atoms with Gasteiger partial charge in [0.2, 0.25) is 0 Å². The average Bonchev–Trinajstić information content (AvgIpc) is 2.52. The summed E-state index contributed by atoms with van der Waals surface area (Å²) in [6.07, 6.45) is 1.55. The Morgan fingerprint density at radius 2 is 1.87 bits per heavy atom. The molecular formula is C18H20N2O3. The number of methoxy groups -OCH3 is 1. The van der Waals surface area contributed by atoms with Crippen LogP contribution in [-0.2, 0) is 4.79 Å². The average molecular weight is 312 g/mol. The Bertz CT molecular complexity index is 691. The van der Waals surface area contributed by atoms with E-state index in [1.807, 2.05) is 56.3 Å². The van der Waals surface area contributed by atoms with E-state index in [2.05, 4.69) is 10.5 Å². The first-order valence-corrected chi connectivity index (χ1v) is 7.24. The summed E-state index contributed by atoms with van der Waals surface area (Å²) >= 11 is 0. The topological polar surface area (TPSA) is 59.9 Å². The summed E-state index contributed by atoms with van der Waals surface area (Å²) in [4.78, 5) is 11.7. The molecule has 120 valence electrons. The van der Waals surface area contributed by atoms with Crippen LogP contribution in [0.3, 0.4) is 0 Å². The molecule has 0 unspecified atom stereocenters. The number of aryl methyl sites for hydroxylation is 2. The van der Waals surface area contributed by atoms with Gasteiger partial charge in [-0.2, -0.15) is 5.10 Å². The summed E-state index contributed by atoms with van der Waals surface area (Å²) < 4.78 is 10.6. The molecule has 0 atom stereocenters. The minimum atomic E-state index is -0.316. The molecule has 0 heterocycles. The number of hydrogen-bond acceptors (Lipinski definition) is 4. The van der Waals surface area contributed by atoms with Crippen molar-refractivity contribution in [3.05, 3.63) is 59.2 Å². The third-order valence-electron chi connectivity index (χ3n) is 3.06. The first-order chi connectivity index (χ1) is 11.1. The third-order valence-corrected chi connectivity index (χ3v) is 3.06. The van der Waals surface area contributed by atoms with E-state index in [1.165, 1.54) is 0 Å². The fraction of sp³-hybridized carbons (Fsp3) is 0.222. The number of carbonyl (C=O) groups is 1. The van der Waals surface area contributed by atoms with Gasteiger partial charge in [0.15, 0.2) is 6.61 Å². The lowest BCUT2D eigenvalue weighted by Gasteiger charge is -2.07. The van der Waals surface area contributed by atoms with Crippen molar-refractivity contribution in [3.63, 3.8) is 0 Å². The fourth-order valence-corrected chi connectivity index (χ4v) is 2.10. The molecule has 2 aromatic rings. The van der Waals surface area contributed by atoms with Gasteiger partial charge in [-0.05, 0) is 54.8 Å². The van der Waals surface area contributed by atoms with Gasteiger partial charge in [0.1, 0.15) is 11.5 Å². The Morgan fingerprint density at radius 1 is 1.13 bits per heavy atom. The maximum Gasteiger partial charge on any atom is 0.277 e. The van der Waals surface area contributed by atoms with Gasteiger partial charge in [0, 0.05) is 0 Å². The zero-order valence-electron chi connectivity index (χ0n) is 13.5. The Morgan fingerprint density at radius 3 is 2.57 bits per heavy atom. The number of benzene rings is 2. The van der Waals surface area contributed by atoms with Crippen molar-refractivity contribution in [2.75, 3.05) is 13.7 Å². The largest absolute Gasteiger partial charge is 0.497 e. The SMILES string of the molecule is COc1cccc(/C=N/NC(=O)COc2cc(C)cc(C)c2)c1. The van der Waals surface area contributed by atoms with E-state index in [0.717, 1.165) is 22.4 Å². The van der Waals surface area contributed by atoms with Crippen LogP contribution in [0.2, 0.25) is 0 Å². The van der Waals surface area contributed by atoms with Gasteiger partial charge < -0.3 is 9.47 Å². The van der Waals surface area contributed by atoms with Crippen LogP contribution >= 0.6 is 0 Å². The van der Waals surface area contributed by atoms with Gasteiger partial charge >= 0.3 is 0 Å². The summed E-state index contributed by atoms with van der Waals surface area (Å²) in [6, 6.07) is 13.2. The Labute approximate surface area is 135 Å². The lowest BCUT2D eigenvalue weighted by Crippen LogP contribution is -2.24. The second kappa shape index (κ2) is 7.98. The van der Waals surface area contributed by atoms with E-state index in [1.54, 1.807) is 13.3 Å². The highest BCUT2D eigenvalue weighted by Gasteiger charge is 2.02. The summed E-state index contributed by atoms with van der Waals surface area (Å²) in [7, 11) is 1.60. The quantitative estimate of drug-likeness (QED) is 0.659. The van der Waals surface area contributed by atoms with Gasteiger partial charge in [-0.1, -0.05) is 18.2 Å². The molecule has 0 aliphatic carbocycles. The normalized spacial score (nSPS) is 10.6. The number of rotatable bonds is 6. The van der Waals surface area contributed by atoms with Gasteiger partial charge in [0.25, 0.3) is 5.91 Å². The number of carbonyl (C=O) groups excluding carboxylic acids is 1. The van der Waals surface area contributed by atoms with E-state index >= 15 is 0 Å². The highest BCUT2D eigenvalue weighted by atomic mass is 16.5. The van der Waals surface area contributed by atoms with E-state index < -0.39 is 0 Å². The molecule has 1 amide bonds. The molecule has 5 nitrogen and oxygen atoms in total. The Balaban J connectivity index is 1.83. The molecule has 23 heavy (non-hydrogen) atoms. The smallest absolute Gasteiger partial charge is 0.277 e. The molecule has 2 rings (SSSR count). The van der Waals surface area contributed by atoms with Crippen molar-refractivity contribution >= 4 is 12.1 Å². The van der Waals surface area contributed by atoms with E-state index in [4.69, 9.17) is 9.47 Å². The number of nitrogens with zero attached hydrogens (tertiary/aromatic N) is 1. The molecule has 0 saturated carbocycles. The van der Waals surface area contributed by atoms with Crippen molar-refractivity contribution in [2.45, 2.75) is 13.8 Å². The van der Waals surface area contributed by atoms with Crippen LogP contribution in [0, 0.1) is 13.8 Å². The molecule has 0 aliphatic heterocycles. The Hall–Kier alpha value is -2.82. The predicted molar refractivity (Wildman–Crippen MR) is 90.1 cm³/mol. The van der Waals surface area contributed by atoms with Gasteiger partial charge in [-0.15, -0.1) is 0 Å². The van der Waals surface area contributed by atoms with Crippen LogP contribution in [0.5, 0.6) is 11.5 Å². The first-order valence-electron chi connectivity index (χ1n) is 7.24. The van der Waals surface area contributed by atoms with Crippen molar-refractivity contribution in [1.29, 1.82) is 0 Å². The van der Waals surface area contributed by atoms with Crippen molar-refractivity contribution in [1.82, 2.24) is 5.43 Å². The molecule has 1 N–H and O–H groups in total. The minimum absolute atomic E-state index is 0.0850. The molecule has 0 bridgehead atoms. The van der Waals surface area contributed by atoms with Crippen molar-refractivity contribution in [2.24, 2.45) is 5.10 Å². The molecule has 0 fully saturated rings. The molecule has 0 aliphatic rings. The van der Waals surface area contributed by atoms with E-state index in [-0.39, 0.29) is 12.5 Å². The van der Waals surface area contributed by atoms with Gasteiger partial charge in [-0.3, -0.25) is 4.79 Å². The highest BCUT2D eigenvalue weighted by molar-refractivity contribution is 5.83. The van der Waals surface area contributed by atoms with E-state index in [9.17, 15) is 4.79 Å². The lowest BCUT2D eigenvalue weighted by atomic mass is 10.1. The molecule has 0 radical (unpaired) electrons. The number of ether oxygens (including phenoxy) is 2. The molecular weight excluding hydrogens is 292 g/mol. The Kier molecular flexibility index (Phi) is 5.74. The number of amides is 1. The second-order valence-corrected chi connectivity index (χ2v) is 5.18. The minimum Gasteiger partial charge on any atom is -0.497 e. The number of hydrazone groups is 1. The lowest BCUT2D eigenvalue weighted by molar-refractivity contribution is -0.123. The second-order valence-electron chi connectivity index (χ2n) is 5.18. The first kappa shape index (κ1) is 16.5. The summed E-state index contributed by atoms with van der Waals surface area (Å²) in [6.45, 7) is 3.88. The standard InChI is InChI=1S/C18H20N2O3/c1-13-7-14(2)9-17(8-13)23-12-18(21)20-19-11-15-5-4-6-16(10-15)22-3/h4-11H,12H2,1-3H3,(H,20,21)/b19-11+. The van der Waals surface area contributed by atoms with Crippen LogP contribution in [0.25, 0.3) is 0 Å². The van der Waals surface area contributed by atoms with Crippen LogP contribution in [0.1, 0.15) is 16.7 Å².